The summed E-state index contributed by atoms with van der Waals surface area (Å²) in [5.41, 5.74) is 0. The summed E-state index contributed by atoms with van der Waals surface area (Å²) in [5.74, 6) is 1.75. The number of unbranched alkanes of at least 4 members (excludes halogenated alkanes) is 41. The quantitative estimate of drug-likeness (QED) is 0.0343. The van der Waals surface area contributed by atoms with Crippen LogP contribution in [0.5, 0.6) is 0 Å². The van der Waals surface area contributed by atoms with Crippen molar-refractivity contribution in [2.45, 2.75) is 375 Å². The summed E-state index contributed by atoms with van der Waals surface area (Å²) >= 11 is 0. The maximum absolute atomic E-state index is 12.9. The number of carbonyl (C=O) groups excluding carboxylic acids is 3. The SMILES string of the molecule is CCC(C)CCCCCCCCCCCCCCCCCCCCC(=O)O[C@H](COC(=O)CCCCCCCCCCCCCCCCC(C)C)COC(=O)CCCCCCCCCCCCCCC(C)C. The van der Waals surface area contributed by atoms with Gasteiger partial charge in [-0.15, -0.1) is 0 Å². The van der Waals surface area contributed by atoms with E-state index in [1.807, 2.05) is 0 Å². The molecule has 0 rings (SSSR count). The summed E-state index contributed by atoms with van der Waals surface area (Å²) in [7, 11) is 0. The predicted molar refractivity (Wildman–Crippen MR) is 312 cm³/mol. The first kappa shape index (κ1) is 70.4. The fraction of sp³-hybridized carbons (Fsp3) is 0.955. The second-order valence-electron chi connectivity index (χ2n) is 24.0. The van der Waals surface area contributed by atoms with Crippen molar-refractivity contribution in [2.24, 2.45) is 17.8 Å². The lowest BCUT2D eigenvalue weighted by atomic mass is 9.99. The molecule has 0 aliphatic carbocycles. The van der Waals surface area contributed by atoms with Crippen LogP contribution >= 0.6 is 0 Å². The van der Waals surface area contributed by atoms with Gasteiger partial charge < -0.3 is 14.2 Å². The molecule has 6 heteroatoms. The molecule has 72 heavy (non-hydrogen) atoms. The third kappa shape index (κ3) is 57.7. The second-order valence-corrected chi connectivity index (χ2v) is 24.0. The fourth-order valence-corrected chi connectivity index (χ4v) is 10.2. The average Bonchev–Trinajstić information content (AvgIpc) is 3.36. The molecular formula is C66H128O6. The van der Waals surface area contributed by atoms with Gasteiger partial charge in [0.05, 0.1) is 0 Å². The summed E-state index contributed by atoms with van der Waals surface area (Å²) in [6.45, 7) is 13.8. The topological polar surface area (TPSA) is 78.9 Å². The van der Waals surface area contributed by atoms with Gasteiger partial charge in [-0.05, 0) is 37.0 Å². The molecule has 0 amide bonds. The number of hydrogen-bond donors (Lipinski definition) is 0. The van der Waals surface area contributed by atoms with Crippen molar-refractivity contribution >= 4 is 17.9 Å². The minimum Gasteiger partial charge on any atom is -0.462 e. The summed E-state index contributed by atoms with van der Waals surface area (Å²) in [6.07, 6.45) is 62.4. The van der Waals surface area contributed by atoms with Gasteiger partial charge >= 0.3 is 17.9 Å². The van der Waals surface area contributed by atoms with Crippen LogP contribution in [0.4, 0.5) is 0 Å². The Hall–Kier alpha value is -1.59. The van der Waals surface area contributed by atoms with Crippen molar-refractivity contribution in [1.29, 1.82) is 0 Å². The lowest BCUT2D eigenvalue weighted by molar-refractivity contribution is -0.167. The number of esters is 3. The van der Waals surface area contributed by atoms with Gasteiger partial charge in [0.1, 0.15) is 13.2 Å². The molecule has 1 unspecified atom stereocenters. The Kier molecular flexibility index (Phi) is 55.9. The van der Waals surface area contributed by atoms with Crippen LogP contribution in [-0.4, -0.2) is 37.2 Å². The van der Waals surface area contributed by atoms with Crippen LogP contribution in [0.15, 0.2) is 0 Å². The molecule has 0 aromatic rings. The molecule has 0 radical (unpaired) electrons. The minimum absolute atomic E-state index is 0.0625. The van der Waals surface area contributed by atoms with E-state index in [1.165, 1.54) is 250 Å². The van der Waals surface area contributed by atoms with Crippen molar-refractivity contribution in [3.63, 3.8) is 0 Å². The van der Waals surface area contributed by atoms with Gasteiger partial charge in [-0.1, -0.05) is 330 Å². The molecule has 2 atom stereocenters. The summed E-state index contributed by atoms with van der Waals surface area (Å²) in [5, 5.41) is 0. The lowest BCUT2D eigenvalue weighted by Crippen LogP contribution is -2.30. The van der Waals surface area contributed by atoms with Crippen molar-refractivity contribution in [1.82, 2.24) is 0 Å². The maximum atomic E-state index is 12.9. The van der Waals surface area contributed by atoms with Crippen molar-refractivity contribution in [3.05, 3.63) is 0 Å². The van der Waals surface area contributed by atoms with Crippen LogP contribution in [0.2, 0.25) is 0 Å². The Morgan fingerprint density at radius 1 is 0.278 bits per heavy atom. The summed E-state index contributed by atoms with van der Waals surface area (Å²) in [6, 6.07) is 0. The van der Waals surface area contributed by atoms with Gasteiger partial charge in [0, 0.05) is 19.3 Å². The van der Waals surface area contributed by atoms with E-state index < -0.39 is 6.10 Å². The molecule has 6 nitrogen and oxygen atoms in total. The van der Waals surface area contributed by atoms with Crippen molar-refractivity contribution in [3.8, 4) is 0 Å². The Labute approximate surface area is 450 Å². The fourth-order valence-electron chi connectivity index (χ4n) is 10.2. The molecular weight excluding hydrogens is 889 g/mol. The minimum atomic E-state index is -0.765. The van der Waals surface area contributed by atoms with Gasteiger partial charge in [-0.25, -0.2) is 0 Å². The average molecular weight is 1020 g/mol. The Morgan fingerprint density at radius 2 is 0.486 bits per heavy atom. The molecule has 0 N–H and O–H groups in total. The zero-order valence-electron chi connectivity index (χ0n) is 49.7. The Bertz CT molecular complexity index is 1120. The van der Waals surface area contributed by atoms with Crippen molar-refractivity contribution in [2.75, 3.05) is 13.2 Å². The van der Waals surface area contributed by atoms with Crippen LogP contribution in [0.1, 0.15) is 369 Å². The maximum Gasteiger partial charge on any atom is 0.306 e. The lowest BCUT2D eigenvalue weighted by Gasteiger charge is -2.18. The largest absolute Gasteiger partial charge is 0.462 e. The van der Waals surface area contributed by atoms with Crippen LogP contribution in [0, 0.1) is 17.8 Å². The third-order valence-corrected chi connectivity index (χ3v) is 15.5. The first-order valence-corrected chi connectivity index (χ1v) is 32.6. The van der Waals surface area contributed by atoms with E-state index in [-0.39, 0.29) is 31.1 Å². The summed E-state index contributed by atoms with van der Waals surface area (Å²) in [4.78, 5) is 38.3. The highest BCUT2D eigenvalue weighted by Gasteiger charge is 2.19. The number of carbonyl (C=O) groups is 3. The number of hydrogen-bond acceptors (Lipinski definition) is 6. The van der Waals surface area contributed by atoms with Gasteiger partial charge in [0.2, 0.25) is 0 Å². The van der Waals surface area contributed by atoms with E-state index in [9.17, 15) is 14.4 Å². The Morgan fingerprint density at radius 3 is 0.722 bits per heavy atom. The summed E-state index contributed by atoms with van der Waals surface area (Å²) < 4.78 is 17.0. The van der Waals surface area contributed by atoms with Gasteiger partial charge in [-0.2, -0.15) is 0 Å². The van der Waals surface area contributed by atoms with Crippen molar-refractivity contribution < 1.29 is 28.6 Å². The highest BCUT2D eigenvalue weighted by molar-refractivity contribution is 5.71. The van der Waals surface area contributed by atoms with E-state index in [4.69, 9.17) is 14.2 Å². The molecule has 0 aromatic heterocycles. The van der Waals surface area contributed by atoms with E-state index in [1.54, 1.807) is 0 Å². The smallest absolute Gasteiger partial charge is 0.306 e. The molecule has 428 valence electrons. The first-order valence-electron chi connectivity index (χ1n) is 32.6. The monoisotopic (exact) mass is 1020 g/mol. The van der Waals surface area contributed by atoms with Gasteiger partial charge in [-0.3, -0.25) is 14.4 Å². The highest BCUT2D eigenvalue weighted by Crippen LogP contribution is 2.20. The van der Waals surface area contributed by atoms with Crippen LogP contribution in [0.3, 0.4) is 0 Å². The van der Waals surface area contributed by atoms with Crippen LogP contribution in [0.25, 0.3) is 0 Å². The molecule has 0 saturated heterocycles. The molecule has 0 aliphatic rings. The predicted octanol–water partition coefficient (Wildman–Crippen LogP) is 21.8. The molecule has 0 heterocycles. The van der Waals surface area contributed by atoms with Gasteiger partial charge in [0.15, 0.2) is 6.10 Å². The van der Waals surface area contributed by atoms with E-state index >= 15 is 0 Å². The Balaban J connectivity index is 4.27. The zero-order chi connectivity index (χ0) is 52.6. The standard InChI is InChI=1S/C66H128O6/c1-7-62(6)54-48-42-36-30-24-17-12-10-8-9-11-13-19-27-33-39-45-51-57-66(69)72-63(59-71-65(68)56-50-44-38-32-26-21-20-23-29-35-41-47-53-61(4)5)58-70-64(67)55-49-43-37-31-25-18-15-14-16-22-28-34-40-46-52-60(2)3/h60-63H,7-59H2,1-6H3/t62?,63-/m1/s1. The zero-order valence-corrected chi connectivity index (χ0v) is 49.7. The molecule has 0 fully saturated rings. The normalized spacial score (nSPS) is 12.5. The molecule has 0 aromatic carbocycles. The first-order chi connectivity index (χ1) is 35.1. The second kappa shape index (κ2) is 57.1. The highest BCUT2D eigenvalue weighted by atomic mass is 16.6. The third-order valence-electron chi connectivity index (χ3n) is 15.5. The number of rotatable bonds is 59. The van der Waals surface area contributed by atoms with E-state index in [0.29, 0.717) is 19.3 Å². The van der Waals surface area contributed by atoms with Crippen LogP contribution < -0.4 is 0 Å². The molecule has 0 spiro atoms. The van der Waals surface area contributed by atoms with E-state index in [2.05, 4.69) is 41.5 Å². The number of ether oxygens (including phenoxy) is 3. The van der Waals surface area contributed by atoms with Crippen LogP contribution in [-0.2, 0) is 28.6 Å². The van der Waals surface area contributed by atoms with Gasteiger partial charge in [0.25, 0.3) is 0 Å². The van der Waals surface area contributed by atoms with E-state index in [0.717, 1.165) is 75.5 Å². The molecule has 0 bridgehead atoms. The molecule has 0 saturated carbocycles. The molecule has 0 aliphatic heterocycles.